The molecule has 0 aliphatic rings. The minimum atomic E-state index is 0.571. The topological polar surface area (TPSA) is 61.8 Å². The molecule has 2 rings (SSSR count). The first kappa shape index (κ1) is 12.0. The van der Waals surface area contributed by atoms with Crippen LogP contribution in [-0.2, 0) is 6.42 Å². The number of nitrogens with zero attached hydrogens (tertiary/aromatic N) is 1. The lowest BCUT2D eigenvalue weighted by molar-refractivity contribution is 1.14. The van der Waals surface area contributed by atoms with Crippen molar-refractivity contribution >= 4 is 17.1 Å². The fraction of sp³-hybridized carbons (Fsp3) is 0.133. The van der Waals surface area contributed by atoms with E-state index in [1.54, 1.807) is 12.1 Å². The van der Waals surface area contributed by atoms with Gasteiger partial charge in [-0.05, 0) is 36.2 Å². The molecule has 3 nitrogen and oxygen atoms in total. The maximum atomic E-state index is 8.80. The van der Waals surface area contributed by atoms with Crippen LogP contribution in [0.25, 0.3) is 0 Å². The number of hydrogen-bond donors (Lipinski definition) is 2. The summed E-state index contributed by atoms with van der Waals surface area (Å²) in [5.74, 6) is 0. The van der Waals surface area contributed by atoms with E-state index < -0.39 is 0 Å². The van der Waals surface area contributed by atoms with Gasteiger partial charge in [-0.15, -0.1) is 0 Å². The highest BCUT2D eigenvalue weighted by Crippen LogP contribution is 2.26. The molecule has 3 N–H and O–H groups in total. The fourth-order valence-corrected chi connectivity index (χ4v) is 1.84. The van der Waals surface area contributed by atoms with Gasteiger partial charge in [-0.1, -0.05) is 25.1 Å². The minimum absolute atomic E-state index is 0.571. The Morgan fingerprint density at radius 1 is 1.17 bits per heavy atom. The van der Waals surface area contributed by atoms with Gasteiger partial charge in [0.2, 0.25) is 0 Å². The highest BCUT2D eigenvalue weighted by Gasteiger charge is 2.04. The van der Waals surface area contributed by atoms with Crippen LogP contribution in [0, 0.1) is 11.3 Å². The number of nitrogens with one attached hydrogen (secondary N) is 1. The molecule has 0 aliphatic carbocycles. The maximum Gasteiger partial charge on any atom is 0.0992 e. The van der Waals surface area contributed by atoms with Crippen molar-refractivity contribution in [3.05, 3.63) is 53.6 Å². The monoisotopic (exact) mass is 237 g/mol. The highest BCUT2D eigenvalue weighted by molar-refractivity contribution is 5.75. The first-order chi connectivity index (χ1) is 8.74. The molecule has 0 aliphatic heterocycles. The molecule has 0 atom stereocenters. The molecule has 0 radical (unpaired) electrons. The summed E-state index contributed by atoms with van der Waals surface area (Å²) in [7, 11) is 0. The SMILES string of the molecule is CCc1ccccc1Nc1ccc(C#N)cc1N. The van der Waals surface area contributed by atoms with Crippen molar-refractivity contribution in [3.8, 4) is 6.07 Å². The number of para-hydroxylation sites is 1. The number of aryl methyl sites for hydroxylation is 1. The zero-order chi connectivity index (χ0) is 13.0. The quantitative estimate of drug-likeness (QED) is 0.804. The largest absolute Gasteiger partial charge is 0.397 e. The van der Waals surface area contributed by atoms with E-state index >= 15 is 0 Å². The van der Waals surface area contributed by atoms with Crippen LogP contribution in [0.3, 0.4) is 0 Å². The average molecular weight is 237 g/mol. The van der Waals surface area contributed by atoms with Gasteiger partial charge in [0.05, 0.1) is 23.0 Å². The van der Waals surface area contributed by atoms with Crippen LogP contribution in [0.4, 0.5) is 17.1 Å². The van der Waals surface area contributed by atoms with Crippen molar-refractivity contribution in [3.63, 3.8) is 0 Å². The molecule has 0 spiro atoms. The first-order valence-corrected chi connectivity index (χ1v) is 5.89. The molecule has 0 aromatic heterocycles. The zero-order valence-corrected chi connectivity index (χ0v) is 10.3. The Kier molecular flexibility index (Phi) is 3.49. The number of nitriles is 1. The molecular weight excluding hydrogens is 222 g/mol. The first-order valence-electron chi connectivity index (χ1n) is 5.89. The molecule has 0 unspecified atom stereocenters. The smallest absolute Gasteiger partial charge is 0.0992 e. The lowest BCUT2D eigenvalue weighted by Gasteiger charge is -2.12. The third kappa shape index (κ3) is 2.44. The van der Waals surface area contributed by atoms with Crippen LogP contribution in [0.15, 0.2) is 42.5 Å². The van der Waals surface area contributed by atoms with Gasteiger partial charge in [-0.3, -0.25) is 0 Å². The summed E-state index contributed by atoms with van der Waals surface area (Å²) in [6, 6.07) is 15.5. The van der Waals surface area contributed by atoms with Crippen LogP contribution in [0.1, 0.15) is 18.1 Å². The number of hydrogen-bond acceptors (Lipinski definition) is 3. The molecule has 0 fully saturated rings. The van der Waals surface area contributed by atoms with E-state index in [-0.39, 0.29) is 0 Å². The van der Waals surface area contributed by atoms with E-state index in [1.807, 2.05) is 24.3 Å². The fourth-order valence-electron chi connectivity index (χ4n) is 1.84. The van der Waals surface area contributed by atoms with Crippen LogP contribution in [-0.4, -0.2) is 0 Å². The van der Waals surface area contributed by atoms with Gasteiger partial charge in [0.15, 0.2) is 0 Å². The molecule has 2 aromatic rings. The Balaban J connectivity index is 2.32. The Labute approximate surface area is 107 Å². The lowest BCUT2D eigenvalue weighted by Crippen LogP contribution is -1.99. The average Bonchev–Trinajstić information content (AvgIpc) is 2.41. The zero-order valence-electron chi connectivity index (χ0n) is 10.3. The highest BCUT2D eigenvalue weighted by atomic mass is 14.9. The molecule has 0 heterocycles. The second-order valence-corrected chi connectivity index (χ2v) is 4.05. The normalized spacial score (nSPS) is 9.78. The Hall–Kier alpha value is -2.47. The van der Waals surface area contributed by atoms with Crippen LogP contribution in [0.5, 0.6) is 0 Å². The van der Waals surface area contributed by atoms with Crippen LogP contribution >= 0.6 is 0 Å². The van der Waals surface area contributed by atoms with Gasteiger partial charge in [0.1, 0.15) is 0 Å². The molecule has 3 heteroatoms. The standard InChI is InChI=1S/C15H15N3/c1-2-12-5-3-4-6-14(12)18-15-8-7-11(10-16)9-13(15)17/h3-9,18H,2,17H2,1H3. The predicted molar refractivity (Wildman–Crippen MR) is 74.7 cm³/mol. The van der Waals surface area contributed by atoms with Crippen molar-refractivity contribution < 1.29 is 0 Å². The van der Waals surface area contributed by atoms with Crippen molar-refractivity contribution in [1.82, 2.24) is 0 Å². The van der Waals surface area contributed by atoms with Gasteiger partial charge in [0.25, 0.3) is 0 Å². The van der Waals surface area contributed by atoms with Crippen LogP contribution < -0.4 is 11.1 Å². The second-order valence-electron chi connectivity index (χ2n) is 4.05. The Morgan fingerprint density at radius 3 is 2.61 bits per heavy atom. The molecule has 2 aromatic carbocycles. The lowest BCUT2D eigenvalue weighted by atomic mass is 10.1. The number of nitrogen functional groups attached to an aromatic ring is 1. The van der Waals surface area contributed by atoms with Gasteiger partial charge >= 0.3 is 0 Å². The summed E-state index contributed by atoms with van der Waals surface area (Å²) < 4.78 is 0. The Morgan fingerprint density at radius 2 is 1.94 bits per heavy atom. The number of nitrogens with two attached hydrogens (primary N) is 1. The molecule has 0 saturated heterocycles. The van der Waals surface area contributed by atoms with E-state index in [9.17, 15) is 0 Å². The summed E-state index contributed by atoms with van der Waals surface area (Å²) in [5.41, 5.74) is 10.2. The Bertz CT molecular complexity index is 597. The van der Waals surface area contributed by atoms with E-state index in [1.165, 1.54) is 5.56 Å². The molecule has 90 valence electrons. The number of rotatable bonds is 3. The summed E-state index contributed by atoms with van der Waals surface area (Å²) in [6.45, 7) is 2.11. The maximum absolute atomic E-state index is 8.80. The van der Waals surface area contributed by atoms with Crippen molar-refractivity contribution in [2.24, 2.45) is 0 Å². The van der Waals surface area contributed by atoms with E-state index in [2.05, 4.69) is 24.4 Å². The third-order valence-electron chi connectivity index (χ3n) is 2.85. The molecule has 0 amide bonds. The van der Waals surface area contributed by atoms with E-state index in [0.29, 0.717) is 11.3 Å². The van der Waals surface area contributed by atoms with Gasteiger partial charge in [0, 0.05) is 5.69 Å². The number of anilines is 3. The molecule has 0 bridgehead atoms. The number of benzene rings is 2. The van der Waals surface area contributed by atoms with Crippen LogP contribution in [0.2, 0.25) is 0 Å². The summed E-state index contributed by atoms with van der Waals surface area (Å²) in [5, 5.41) is 12.1. The predicted octanol–water partition coefficient (Wildman–Crippen LogP) is 3.45. The van der Waals surface area contributed by atoms with Crippen molar-refractivity contribution in [2.75, 3.05) is 11.1 Å². The van der Waals surface area contributed by atoms with Gasteiger partial charge in [-0.2, -0.15) is 5.26 Å². The minimum Gasteiger partial charge on any atom is -0.397 e. The summed E-state index contributed by atoms with van der Waals surface area (Å²) >= 11 is 0. The summed E-state index contributed by atoms with van der Waals surface area (Å²) in [6.07, 6.45) is 0.958. The summed E-state index contributed by atoms with van der Waals surface area (Å²) in [4.78, 5) is 0. The molecule has 0 saturated carbocycles. The van der Waals surface area contributed by atoms with Crippen molar-refractivity contribution in [2.45, 2.75) is 13.3 Å². The molecular formula is C15H15N3. The second kappa shape index (κ2) is 5.24. The van der Waals surface area contributed by atoms with Gasteiger partial charge in [-0.25, -0.2) is 0 Å². The van der Waals surface area contributed by atoms with Crippen molar-refractivity contribution in [1.29, 1.82) is 5.26 Å². The van der Waals surface area contributed by atoms with E-state index in [0.717, 1.165) is 17.8 Å². The van der Waals surface area contributed by atoms with E-state index in [4.69, 9.17) is 11.0 Å². The third-order valence-corrected chi connectivity index (χ3v) is 2.85. The molecule has 18 heavy (non-hydrogen) atoms. The van der Waals surface area contributed by atoms with Gasteiger partial charge < -0.3 is 11.1 Å².